The molecule has 0 radical (unpaired) electrons. The molecule has 0 aliphatic rings. The smallest absolute Gasteiger partial charge is 0.457 e. The van der Waals surface area contributed by atoms with Crippen molar-refractivity contribution in [2.45, 2.75) is 187 Å². The first-order valence-electron chi connectivity index (χ1n) is 21.1. The average molecular weight is 771 g/mol. The highest BCUT2D eigenvalue weighted by Gasteiger charge is 2.26. The second-order valence-corrected chi connectivity index (χ2v) is 15.5. The Morgan fingerprint density at radius 2 is 1.06 bits per heavy atom. The molecule has 53 heavy (non-hydrogen) atoms. The molecule has 0 rings (SSSR count). The SMILES string of the molecule is CCC/C=C\CCCCCCCCOCC(COP(=O)(O)OCC(O)CO)OC(=O)CCCCCCCC/C=C\C/C=C\C/C=C\CCCCCCC. The van der Waals surface area contributed by atoms with Crippen molar-refractivity contribution in [2.75, 3.05) is 33.0 Å². The number of esters is 1. The number of unbranched alkanes of at least 4 members (excludes halogenated alkanes) is 18. The summed E-state index contributed by atoms with van der Waals surface area (Å²) in [6.45, 7) is 3.41. The maximum Gasteiger partial charge on any atom is 0.472 e. The molecular formula is C43H79O9P. The normalized spacial score (nSPS) is 14.6. The monoisotopic (exact) mass is 771 g/mol. The lowest BCUT2D eigenvalue weighted by Crippen LogP contribution is -2.29. The number of hydrogen-bond donors (Lipinski definition) is 3. The summed E-state index contributed by atoms with van der Waals surface area (Å²) in [5, 5.41) is 18.3. The van der Waals surface area contributed by atoms with Gasteiger partial charge in [-0.25, -0.2) is 4.57 Å². The lowest BCUT2D eigenvalue weighted by atomic mass is 10.1. The van der Waals surface area contributed by atoms with Crippen LogP contribution in [0.1, 0.15) is 174 Å². The molecule has 10 heteroatoms. The average Bonchev–Trinajstić information content (AvgIpc) is 3.15. The number of carbonyl (C=O) groups excluding carboxylic acids is 1. The van der Waals surface area contributed by atoms with Gasteiger partial charge in [0.2, 0.25) is 0 Å². The van der Waals surface area contributed by atoms with Crippen LogP contribution in [-0.2, 0) is 27.9 Å². The Bertz CT molecular complexity index is 965. The molecule has 0 saturated carbocycles. The number of phosphoric acid groups is 1. The molecule has 310 valence electrons. The van der Waals surface area contributed by atoms with Gasteiger partial charge >= 0.3 is 13.8 Å². The van der Waals surface area contributed by atoms with Crippen molar-refractivity contribution in [3.05, 3.63) is 48.6 Å². The van der Waals surface area contributed by atoms with E-state index in [1.54, 1.807) is 0 Å². The minimum absolute atomic E-state index is 0.0382. The van der Waals surface area contributed by atoms with Crippen molar-refractivity contribution in [3.8, 4) is 0 Å². The van der Waals surface area contributed by atoms with E-state index < -0.39 is 39.2 Å². The Labute approximate surface area is 324 Å². The molecular weight excluding hydrogens is 691 g/mol. The van der Waals surface area contributed by atoms with Crippen molar-refractivity contribution in [2.24, 2.45) is 0 Å². The van der Waals surface area contributed by atoms with Crippen LogP contribution in [0, 0.1) is 0 Å². The summed E-state index contributed by atoms with van der Waals surface area (Å²) in [4.78, 5) is 22.5. The molecule has 0 aromatic carbocycles. The van der Waals surface area contributed by atoms with Crippen LogP contribution in [0.3, 0.4) is 0 Å². The van der Waals surface area contributed by atoms with Gasteiger partial charge in [-0.05, 0) is 70.6 Å². The highest BCUT2D eigenvalue weighted by atomic mass is 31.2. The van der Waals surface area contributed by atoms with Gasteiger partial charge in [0, 0.05) is 13.0 Å². The number of allylic oxidation sites excluding steroid dienone is 8. The molecule has 0 bridgehead atoms. The van der Waals surface area contributed by atoms with Gasteiger partial charge in [-0.1, -0.05) is 146 Å². The molecule has 0 fully saturated rings. The Kier molecular flexibility index (Phi) is 38.9. The number of aliphatic hydroxyl groups is 2. The molecule has 0 aromatic heterocycles. The number of hydrogen-bond acceptors (Lipinski definition) is 8. The van der Waals surface area contributed by atoms with Crippen molar-refractivity contribution in [3.63, 3.8) is 0 Å². The summed E-state index contributed by atoms with van der Waals surface area (Å²) in [5.41, 5.74) is 0. The standard InChI is InChI=1S/C43H79O9P/c1-3-5-7-9-11-13-15-16-17-18-19-20-21-22-23-24-25-27-29-31-33-35-43(46)52-42(40-51-53(47,48)50-38-41(45)37-44)39-49-36-34-32-30-28-26-14-12-10-8-6-4-2/h8,10,15-16,18-19,21-22,41-42,44-45H,3-7,9,11-14,17,20,23-40H2,1-2H3,(H,47,48)/b10-8-,16-15-,19-18-,22-21-. The third-order valence-electron chi connectivity index (χ3n) is 8.72. The summed E-state index contributed by atoms with van der Waals surface area (Å²) in [6.07, 6.45) is 43.5. The lowest BCUT2D eigenvalue weighted by molar-refractivity contribution is -0.154. The molecule has 9 nitrogen and oxygen atoms in total. The molecule has 3 unspecified atom stereocenters. The summed E-state index contributed by atoms with van der Waals surface area (Å²) >= 11 is 0. The van der Waals surface area contributed by atoms with Crippen LogP contribution in [0.5, 0.6) is 0 Å². The predicted octanol–water partition coefficient (Wildman–Crippen LogP) is 11.4. The molecule has 0 spiro atoms. The zero-order valence-electron chi connectivity index (χ0n) is 33.7. The molecule has 3 N–H and O–H groups in total. The first kappa shape index (κ1) is 51.4. The maximum atomic E-state index is 12.6. The van der Waals surface area contributed by atoms with E-state index in [1.165, 1.54) is 77.0 Å². The van der Waals surface area contributed by atoms with Crippen molar-refractivity contribution < 1.29 is 43.0 Å². The van der Waals surface area contributed by atoms with Crippen LogP contribution in [0.15, 0.2) is 48.6 Å². The largest absolute Gasteiger partial charge is 0.472 e. The summed E-state index contributed by atoms with van der Waals surface area (Å²) in [5.74, 6) is -0.399. The number of rotatable bonds is 40. The molecule has 0 saturated heterocycles. The van der Waals surface area contributed by atoms with Crippen LogP contribution in [0.2, 0.25) is 0 Å². The Balaban J connectivity index is 4.18. The summed E-state index contributed by atoms with van der Waals surface area (Å²) in [7, 11) is -4.52. The minimum Gasteiger partial charge on any atom is -0.457 e. The fourth-order valence-corrected chi connectivity index (χ4v) is 6.27. The Hall–Kier alpha value is -1.58. The zero-order valence-corrected chi connectivity index (χ0v) is 34.6. The summed E-state index contributed by atoms with van der Waals surface area (Å²) < 4.78 is 33.3. The lowest BCUT2D eigenvalue weighted by Gasteiger charge is -2.20. The van der Waals surface area contributed by atoms with Crippen LogP contribution >= 0.6 is 7.82 Å². The number of aliphatic hydroxyl groups excluding tert-OH is 2. The maximum absolute atomic E-state index is 12.6. The highest BCUT2D eigenvalue weighted by molar-refractivity contribution is 7.47. The van der Waals surface area contributed by atoms with Crippen molar-refractivity contribution in [1.82, 2.24) is 0 Å². The number of ether oxygens (including phenoxy) is 2. The van der Waals surface area contributed by atoms with E-state index in [0.717, 1.165) is 70.6 Å². The van der Waals surface area contributed by atoms with E-state index in [1.807, 2.05) is 0 Å². The van der Waals surface area contributed by atoms with Gasteiger partial charge in [0.1, 0.15) is 12.2 Å². The van der Waals surface area contributed by atoms with E-state index in [9.17, 15) is 19.4 Å². The third kappa shape index (κ3) is 39.9. The molecule has 0 aromatic rings. The van der Waals surface area contributed by atoms with Gasteiger partial charge < -0.3 is 24.6 Å². The van der Waals surface area contributed by atoms with Crippen LogP contribution < -0.4 is 0 Å². The van der Waals surface area contributed by atoms with E-state index in [2.05, 4.69) is 62.5 Å². The summed E-state index contributed by atoms with van der Waals surface area (Å²) in [6, 6.07) is 0. The van der Waals surface area contributed by atoms with Gasteiger partial charge in [-0.3, -0.25) is 13.8 Å². The van der Waals surface area contributed by atoms with Crippen molar-refractivity contribution in [1.29, 1.82) is 0 Å². The first-order valence-corrected chi connectivity index (χ1v) is 22.6. The van der Waals surface area contributed by atoms with Crippen LogP contribution in [0.4, 0.5) is 0 Å². The molecule has 0 aliphatic heterocycles. The van der Waals surface area contributed by atoms with Gasteiger partial charge in [0.15, 0.2) is 0 Å². The quantitative estimate of drug-likeness (QED) is 0.0241. The van der Waals surface area contributed by atoms with Gasteiger partial charge in [0.05, 0.1) is 26.4 Å². The Morgan fingerprint density at radius 3 is 1.62 bits per heavy atom. The highest BCUT2D eigenvalue weighted by Crippen LogP contribution is 2.43. The molecule has 0 amide bonds. The molecule has 0 aliphatic carbocycles. The fraction of sp³-hybridized carbons (Fsp3) is 0.791. The number of phosphoric ester groups is 1. The van der Waals surface area contributed by atoms with E-state index >= 15 is 0 Å². The van der Waals surface area contributed by atoms with Crippen LogP contribution in [0.25, 0.3) is 0 Å². The zero-order chi connectivity index (χ0) is 38.9. The molecule has 3 atom stereocenters. The Morgan fingerprint density at radius 1 is 0.585 bits per heavy atom. The molecule has 0 heterocycles. The topological polar surface area (TPSA) is 132 Å². The third-order valence-corrected chi connectivity index (χ3v) is 9.67. The van der Waals surface area contributed by atoms with E-state index in [4.69, 9.17) is 23.6 Å². The first-order chi connectivity index (χ1) is 25.8. The van der Waals surface area contributed by atoms with Crippen LogP contribution in [-0.4, -0.2) is 66.3 Å². The van der Waals surface area contributed by atoms with Gasteiger partial charge in [-0.15, -0.1) is 0 Å². The fourth-order valence-electron chi connectivity index (χ4n) is 5.48. The van der Waals surface area contributed by atoms with E-state index in [-0.39, 0.29) is 19.6 Å². The number of carbonyl (C=O) groups is 1. The second kappa shape index (κ2) is 40.1. The second-order valence-electron chi connectivity index (χ2n) is 14.0. The van der Waals surface area contributed by atoms with E-state index in [0.29, 0.717) is 13.0 Å². The predicted molar refractivity (Wildman–Crippen MR) is 219 cm³/mol. The van der Waals surface area contributed by atoms with Gasteiger partial charge in [-0.2, -0.15) is 0 Å². The van der Waals surface area contributed by atoms with Gasteiger partial charge in [0.25, 0.3) is 0 Å². The minimum atomic E-state index is -4.52. The van der Waals surface area contributed by atoms with Crippen molar-refractivity contribution >= 4 is 13.8 Å².